The van der Waals surface area contributed by atoms with E-state index in [1.165, 1.54) is 5.56 Å². The zero-order chi connectivity index (χ0) is 14.2. The summed E-state index contributed by atoms with van der Waals surface area (Å²) in [7, 11) is 0. The highest BCUT2D eigenvalue weighted by Crippen LogP contribution is 2.26. The van der Waals surface area contributed by atoms with Gasteiger partial charge in [-0.05, 0) is 30.9 Å². The number of aliphatic hydroxyl groups excluding tert-OH is 1. The van der Waals surface area contributed by atoms with Gasteiger partial charge in [0.25, 0.3) is 0 Å². The van der Waals surface area contributed by atoms with Crippen LogP contribution < -0.4 is 11.1 Å². The number of rotatable bonds is 7. The van der Waals surface area contributed by atoms with E-state index in [9.17, 15) is 0 Å². The maximum atomic E-state index is 8.90. The molecule has 4 N–H and O–H groups in total. The van der Waals surface area contributed by atoms with Crippen molar-refractivity contribution in [3.05, 3.63) is 35.9 Å². The monoisotopic (exact) mass is 277 g/mol. The third-order valence-corrected chi connectivity index (χ3v) is 4.01. The number of nitrogens with one attached hydrogen (secondary N) is 1. The van der Waals surface area contributed by atoms with Gasteiger partial charge in [0, 0.05) is 38.8 Å². The van der Waals surface area contributed by atoms with Gasteiger partial charge in [-0.3, -0.25) is 4.90 Å². The highest BCUT2D eigenvalue weighted by Gasteiger charge is 2.27. The van der Waals surface area contributed by atoms with Gasteiger partial charge >= 0.3 is 0 Å². The van der Waals surface area contributed by atoms with Crippen LogP contribution in [0, 0.1) is 0 Å². The second-order valence-corrected chi connectivity index (χ2v) is 5.62. The minimum atomic E-state index is 0.258. The first kappa shape index (κ1) is 15.4. The number of hydrogen-bond acceptors (Lipinski definition) is 4. The van der Waals surface area contributed by atoms with E-state index < -0.39 is 0 Å². The van der Waals surface area contributed by atoms with Crippen LogP contribution in [0.1, 0.15) is 24.3 Å². The van der Waals surface area contributed by atoms with Crippen molar-refractivity contribution < 1.29 is 5.11 Å². The van der Waals surface area contributed by atoms with E-state index in [2.05, 4.69) is 40.5 Å². The van der Waals surface area contributed by atoms with Crippen LogP contribution in [0.15, 0.2) is 30.3 Å². The van der Waals surface area contributed by atoms with Crippen molar-refractivity contribution in [1.82, 2.24) is 10.2 Å². The van der Waals surface area contributed by atoms with Crippen molar-refractivity contribution in [2.24, 2.45) is 5.73 Å². The maximum absolute atomic E-state index is 8.90. The molecule has 1 aromatic rings. The van der Waals surface area contributed by atoms with Crippen LogP contribution in [-0.2, 0) is 0 Å². The minimum absolute atomic E-state index is 0.258. The molecular weight excluding hydrogens is 250 g/mol. The van der Waals surface area contributed by atoms with Crippen LogP contribution in [0.25, 0.3) is 0 Å². The van der Waals surface area contributed by atoms with E-state index >= 15 is 0 Å². The molecule has 2 unspecified atom stereocenters. The number of aliphatic hydroxyl groups is 1. The topological polar surface area (TPSA) is 61.5 Å². The Balaban J connectivity index is 1.97. The second-order valence-electron chi connectivity index (χ2n) is 5.62. The Morgan fingerprint density at radius 1 is 1.25 bits per heavy atom. The fraction of sp³-hybridized carbons (Fsp3) is 0.625. The Bertz CT molecular complexity index is 371. The molecule has 4 nitrogen and oxygen atoms in total. The molecule has 0 radical (unpaired) electrons. The molecular formula is C16H27N3O. The summed E-state index contributed by atoms with van der Waals surface area (Å²) in [4.78, 5) is 2.46. The average molecular weight is 277 g/mol. The Morgan fingerprint density at radius 2 is 2.05 bits per heavy atom. The number of benzene rings is 1. The molecule has 0 saturated carbocycles. The van der Waals surface area contributed by atoms with Crippen molar-refractivity contribution >= 4 is 0 Å². The molecule has 0 spiro atoms. The van der Waals surface area contributed by atoms with Gasteiger partial charge in [-0.2, -0.15) is 0 Å². The van der Waals surface area contributed by atoms with E-state index in [0.29, 0.717) is 18.5 Å². The van der Waals surface area contributed by atoms with Crippen molar-refractivity contribution in [2.45, 2.75) is 24.8 Å². The Labute approximate surface area is 122 Å². The van der Waals surface area contributed by atoms with Crippen LogP contribution in [0.2, 0.25) is 0 Å². The van der Waals surface area contributed by atoms with Gasteiger partial charge in [0.05, 0.1) is 0 Å². The molecule has 1 aromatic carbocycles. The summed E-state index contributed by atoms with van der Waals surface area (Å²) in [5.74, 6) is 0.572. The number of hydrogen-bond donors (Lipinski definition) is 3. The predicted octanol–water partition coefficient (Wildman–Crippen LogP) is 0.775. The SMILES string of the molecule is NCCN1CC(NCCCO)CC(c2ccccc2)C1. The molecule has 0 aliphatic carbocycles. The zero-order valence-corrected chi connectivity index (χ0v) is 12.2. The minimum Gasteiger partial charge on any atom is -0.396 e. The third-order valence-electron chi connectivity index (χ3n) is 4.01. The van der Waals surface area contributed by atoms with Crippen molar-refractivity contribution in [2.75, 3.05) is 39.3 Å². The highest BCUT2D eigenvalue weighted by molar-refractivity contribution is 5.21. The van der Waals surface area contributed by atoms with Crippen LogP contribution in [-0.4, -0.2) is 55.4 Å². The van der Waals surface area contributed by atoms with Crippen molar-refractivity contribution in [3.63, 3.8) is 0 Å². The fourth-order valence-electron chi connectivity index (χ4n) is 3.06. The number of likely N-dealkylation sites (tertiary alicyclic amines) is 1. The summed E-state index contributed by atoms with van der Waals surface area (Å²) in [6.07, 6.45) is 1.99. The van der Waals surface area contributed by atoms with E-state index in [0.717, 1.165) is 39.0 Å². The average Bonchev–Trinajstić information content (AvgIpc) is 2.49. The standard InChI is InChI=1S/C16H27N3O/c17-7-9-19-12-15(14-5-2-1-3-6-14)11-16(13-19)18-8-4-10-20/h1-3,5-6,15-16,18,20H,4,7-13,17H2. The molecule has 1 heterocycles. The number of piperidine rings is 1. The zero-order valence-electron chi connectivity index (χ0n) is 12.2. The molecule has 2 rings (SSSR count). The van der Waals surface area contributed by atoms with Gasteiger partial charge in [0.2, 0.25) is 0 Å². The van der Waals surface area contributed by atoms with Crippen LogP contribution in [0.4, 0.5) is 0 Å². The normalized spacial score (nSPS) is 23.9. The maximum Gasteiger partial charge on any atom is 0.0443 e. The van der Waals surface area contributed by atoms with Crippen LogP contribution >= 0.6 is 0 Å². The molecule has 0 amide bonds. The molecule has 4 heteroatoms. The van der Waals surface area contributed by atoms with Crippen molar-refractivity contribution in [1.29, 1.82) is 0 Å². The number of nitrogens with zero attached hydrogens (tertiary/aromatic N) is 1. The first-order valence-corrected chi connectivity index (χ1v) is 7.65. The van der Waals surface area contributed by atoms with Gasteiger partial charge in [-0.1, -0.05) is 30.3 Å². The van der Waals surface area contributed by atoms with Crippen LogP contribution in [0.5, 0.6) is 0 Å². The smallest absolute Gasteiger partial charge is 0.0443 e. The predicted molar refractivity (Wildman–Crippen MR) is 82.8 cm³/mol. The molecule has 0 aromatic heterocycles. The molecule has 20 heavy (non-hydrogen) atoms. The van der Waals surface area contributed by atoms with Gasteiger partial charge in [-0.25, -0.2) is 0 Å². The fourth-order valence-corrected chi connectivity index (χ4v) is 3.06. The molecule has 112 valence electrons. The lowest BCUT2D eigenvalue weighted by Gasteiger charge is -2.38. The summed E-state index contributed by atoms with van der Waals surface area (Å²) >= 11 is 0. The highest BCUT2D eigenvalue weighted by atomic mass is 16.3. The Kier molecular flexibility index (Phi) is 6.47. The van der Waals surface area contributed by atoms with Gasteiger partial charge in [-0.15, -0.1) is 0 Å². The lowest BCUT2D eigenvalue weighted by atomic mass is 9.88. The van der Waals surface area contributed by atoms with Gasteiger partial charge < -0.3 is 16.2 Å². The summed E-state index contributed by atoms with van der Waals surface area (Å²) in [5, 5.41) is 12.5. The molecule has 1 aliphatic rings. The van der Waals surface area contributed by atoms with Gasteiger partial charge in [0.15, 0.2) is 0 Å². The van der Waals surface area contributed by atoms with E-state index in [1.54, 1.807) is 0 Å². The summed E-state index contributed by atoms with van der Waals surface area (Å²) in [6.45, 7) is 4.98. The summed E-state index contributed by atoms with van der Waals surface area (Å²) < 4.78 is 0. The lowest BCUT2D eigenvalue weighted by Crippen LogP contribution is -2.50. The Morgan fingerprint density at radius 3 is 2.75 bits per heavy atom. The van der Waals surface area contributed by atoms with E-state index in [1.807, 2.05) is 0 Å². The largest absolute Gasteiger partial charge is 0.396 e. The van der Waals surface area contributed by atoms with E-state index in [-0.39, 0.29) is 6.61 Å². The van der Waals surface area contributed by atoms with Crippen LogP contribution in [0.3, 0.4) is 0 Å². The van der Waals surface area contributed by atoms with E-state index in [4.69, 9.17) is 10.8 Å². The number of nitrogens with two attached hydrogens (primary N) is 1. The first-order chi connectivity index (χ1) is 9.83. The lowest BCUT2D eigenvalue weighted by molar-refractivity contribution is 0.173. The molecule has 0 bridgehead atoms. The molecule has 1 fully saturated rings. The second kappa shape index (κ2) is 8.37. The summed E-state index contributed by atoms with van der Waals surface area (Å²) in [6, 6.07) is 11.2. The molecule has 1 saturated heterocycles. The third kappa shape index (κ3) is 4.56. The first-order valence-electron chi connectivity index (χ1n) is 7.65. The molecule has 2 atom stereocenters. The Hall–Kier alpha value is -0.940. The molecule has 1 aliphatic heterocycles. The van der Waals surface area contributed by atoms with Gasteiger partial charge in [0.1, 0.15) is 0 Å². The van der Waals surface area contributed by atoms with Crippen molar-refractivity contribution in [3.8, 4) is 0 Å². The summed E-state index contributed by atoms with van der Waals surface area (Å²) in [5.41, 5.74) is 7.14. The quantitative estimate of drug-likeness (QED) is 0.645.